The molecule has 1 fully saturated rings. The predicted octanol–water partition coefficient (Wildman–Crippen LogP) is 6.59. The van der Waals surface area contributed by atoms with E-state index in [4.69, 9.17) is 15.2 Å². The minimum Gasteiger partial charge on any atom is -0.466 e. The second kappa shape index (κ2) is 10.3. The fourth-order valence-corrected chi connectivity index (χ4v) is 5.07. The topological polar surface area (TPSA) is 44.5 Å². The monoisotopic (exact) mass is 391 g/mol. The summed E-state index contributed by atoms with van der Waals surface area (Å²) < 4.78 is 12.0. The minimum atomic E-state index is -0.203. The molecule has 3 unspecified atom stereocenters. The zero-order valence-electron chi connectivity index (χ0n) is 19.3. The molecule has 0 spiro atoms. The van der Waals surface area contributed by atoms with Gasteiger partial charge in [0.1, 0.15) is 5.76 Å². The van der Waals surface area contributed by atoms with Crippen molar-refractivity contribution in [2.24, 2.45) is 28.9 Å². The van der Waals surface area contributed by atoms with Gasteiger partial charge in [0, 0.05) is 5.54 Å². The fourth-order valence-electron chi connectivity index (χ4n) is 5.07. The van der Waals surface area contributed by atoms with Crippen LogP contribution in [0, 0.1) is 23.2 Å². The maximum atomic E-state index is 6.57. The summed E-state index contributed by atoms with van der Waals surface area (Å²) >= 11 is 0. The van der Waals surface area contributed by atoms with Gasteiger partial charge in [-0.15, -0.1) is 0 Å². The molecule has 2 aliphatic carbocycles. The predicted molar refractivity (Wildman–Crippen MR) is 119 cm³/mol. The molecule has 0 saturated heterocycles. The highest BCUT2D eigenvalue weighted by Gasteiger charge is 2.40. The van der Waals surface area contributed by atoms with Gasteiger partial charge in [-0.1, -0.05) is 59.0 Å². The summed E-state index contributed by atoms with van der Waals surface area (Å²) in [6.07, 6.45) is 16.7. The second-order valence-electron chi connectivity index (χ2n) is 10.5. The van der Waals surface area contributed by atoms with E-state index < -0.39 is 0 Å². The summed E-state index contributed by atoms with van der Waals surface area (Å²) in [5, 5.41) is 0. The fraction of sp³-hybridized carbons (Fsp3) is 0.840. The van der Waals surface area contributed by atoms with E-state index in [0.29, 0.717) is 11.8 Å². The molecule has 3 nitrogen and oxygen atoms in total. The Morgan fingerprint density at radius 2 is 1.86 bits per heavy atom. The summed E-state index contributed by atoms with van der Waals surface area (Å²) in [4.78, 5) is 0. The van der Waals surface area contributed by atoms with Crippen LogP contribution in [0.1, 0.15) is 92.9 Å². The van der Waals surface area contributed by atoms with E-state index in [-0.39, 0.29) is 17.2 Å². The Hall–Kier alpha value is -0.800. The second-order valence-corrected chi connectivity index (χ2v) is 10.5. The molecule has 3 atom stereocenters. The van der Waals surface area contributed by atoms with E-state index in [1.165, 1.54) is 38.5 Å². The molecule has 0 aromatic carbocycles. The highest BCUT2D eigenvalue weighted by molar-refractivity contribution is 5.23. The van der Waals surface area contributed by atoms with Crippen molar-refractivity contribution in [2.45, 2.75) is 105 Å². The van der Waals surface area contributed by atoms with Crippen LogP contribution >= 0.6 is 0 Å². The molecular weight excluding hydrogens is 346 g/mol. The van der Waals surface area contributed by atoms with Crippen LogP contribution < -0.4 is 5.73 Å². The van der Waals surface area contributed by atoms with Gasteiger partial charge in [-0.25, -0.2) is 0 Å². The molecule has 0 aromatic heterocycles. The van der Waals surface area contributed by atoms with Gasteiger partial charge in [-0.05, 0) is 75.4 Å². The van der Waals surface area contributed by atoms with E-state index in [1.807, 2.05) is 6.92 Å². The molecule has 162 valence electrons. The Morgan fingerprint density at radius 3 is 2.39 bits per heavy atom. The maximum absolute atomic E-state index is 6.57. The smallest absolute Gasteiger partial charge is 0.196 e. The van der Waals surface area contributed by atoms with E-state index in [9.17, 15) is 0 Å². The van der Waals surface area contributed by atoms with E-state index in [0.717, 1.165) is 31.1 Å². The zero-order chi connectivity index (χ0) is 20.8. The van der Waals surface area contributed by atoms with Crippen LogP contribution in [0.2, 0.25) is 0 Å². The molecule has 2 aliphatic rings. The van der Waals surface area contributed by atoms with Crippen molar-refractivity contribution >= 4 is 0 Å². The van der Waals surface area contributed by atoms with Crippen LogP contribution in [0.3, 0.4) is 0 Å². The van der Waals surface area contributed by atoms with Gasteiger partial charge in [-0.2, -0.15) is 0 Å². The molecule has 28 heavy (non-hydrogen) atoms. The third kappa shape index (κ3) is 7.22. The summed E-state index contributed by atoms with van der Waals surface area (Å²) in [5.41, 5.74) is 6.44. The summed E-state index contributed by atoms with van der Waals surface area (Å²) in [6, 6.07) is 0. The van der Waals surface area contributed by atoms with Gasteiger partial charge in [-0.3, -0.25) is 0 Å². The molecule has 1 saturated carbocycles. The summed E-state index contributed by atoms with van der Waals surface area (Å²) in [7, 11) is 0. The van der Waals surface area contributed by atoms with Crippen LogP contribution in [0.15, 0.2) is 24.0 Å². The standard InChI is InChI=1S/C25H45NO2/c1-19(2)18-23(24(4,5)26)25(6)15-12-22(13-16-25)28-20(3)27-17-14-21-10-8-7-9-11-21/h12-13,15,19-21,23H,7-11,14,16-18,26H2,1-6H3. The van der Waals surface area contributed by atoms with Crippen LogP contribution in [-0.2, 0) is 9.47 Å². The van der Waals surface area contributed by atoms with Crippen molar-refractivity contribution in [2.75, 3.05) is 6.61 Å². The number of rotatable bonds is 10. The van der Waals surface area contributed by atoms with Crippen molar-refractivity contribution in [1.82, 2.24) is 0 Å². The molecule has 2 N–H and O–H groups in total. The van der Waals surface area contributed by atoms with Gasteiger partial charge < -0.3 is 15.2 Å². The SMILES string of the molecule is CC(C)CC(C(C)(C)N)C1(C)C=CC(OC(C)OCCC2CCCCC2)=CC1. The third-order valence-corrected chi connectivity index (χ3v) is 6.68. The third-order valence-electron chi connectivity index (χ3n) is 6.68. The lowest BCUT2D eigenvalue weighted by Gasteiger charge is -2.45. The first kappa shape index (κ1) is 23.5. The molecule has 0 amide bonds. The van der Waals surface area contributed by atoms with Gasteiger partial charge >= 0.3 is 0 Å². The van der Waals surface area contributed by atoms with Crippen LogP contribution in [0.25, 0.3) is 0 Å². The van der Waals surface area contributed by atoms with E-state index >= 15 is 0 Å². The Morgan fingerprint density at radius 1 is 1.18 bits per heavy atom. The molecule has 0 radical (unpaired) electrons. The largest absolute Gasteiger partial charge is 0.466 e. The number of hydrogen-bond donors (Lipinski definition) is 1. The number of nitrogens with two attached hydrogens (primary N) is 1. The highest BCUT2D eigenvalue weighted by atomic mass is 16.7. The first-order valence-corrected chi connectivity index (χ1v) is 11.6. The van der Waals surface area contributed by atoms with Crippen LogP contribution in [-0.4, -0.2) is 18.4 Å². The summed E-state index contributed by atoms with van der Waals surface area (Å²) in [5.74, 6) is 2.85. The molecule has 0 aromatic rings. The molecule has 0 aliphatic heterocycles. The van der Waals surface area contributed by atoms with Crippen LogP contribution in [0.4, 0.5) is 0 Å². The lowest BCUT2D eigenvalue weighted by atomic mass is 9.63. The first-order valence-electron chi connectivity index (χ1n) is 11.6. The molecular formula is C25H45NO2. The number of ether oxygens (including phenoxy) is 2. The van der Waals surface area contributed by atoms with Crippen molar-refractivity contribution in [1.29, 1.82) is 0 Å². The van der Waals surface area contributed by atoms with Gasteiger partial charge in [0.15, 0.2) is 6.29 Å². The Bertz CT molecular complexity index is 525. The zero-order valence-corrected chi connectivity index (χ0v) is 19.3. The maximum Gasteiger partial charge on any atom is 0.196 e. The van der Waals surface area contributed by atoms with Gasteiger partial charge in [0.05, 0.1) is 6.61 Å². The Labute approximate surface area is 174 Å². The van der Waals surface area contributed by atoms with E-state index in [1.54, 1.807) is 0 Å². The number of allylic oxidation sites excluding steroid dienone is 3. The first-order chi connectivity index (χ1) is 13.1. The van der Waals surface area contributed by atoms with Gasteiger partial charge in [0.25, 0.3) is 0 Å². The normalized spacial score (nSPS) is 26.2. The highest BCUT2D eigenvalue weighted by Crippen LogP contribution is 2.44. The Kier molecular flexibility index (Phi) is 8.63. The minimum absolute atomic E-state index is 0.0699. The molecule has 3 heteroatoms. The summed E-state index contributed by atoms with van der Waals surface area (Å²) in [6.45, 7) is 14.0. The quantitative estimate of drug-likeness (QED) is 0.427. The molecule has 0 heterocycles. The van der Waals surface area contributed by atoms with Crippen molar-refractivity contribution in [3.63, 3.8) is 0 Å². The average Bonchev–Trinajstić information content (AvgIpc) is 2.62. The van der Waals surface area contributed by atoms with Crippen molar-refractivity contribution < 1.29 is 9.47 Å². The van der Waals surface area contributed by atoms with Crippen LogP contribution in [0.5, 0.6) is 0 Å². The van der Waals surface area contributed by atoms with Crippen molar-refractivity contribution in [3.8, 4) is 0 Å². The molecule has 2 rings (SSSR count). The number of hydrogen-bond acceptors (Lipinski definition) is 3. The average molecular weight is 392 g/mol. The van der Waals surface area contributed by atoms with Crippen molar-refractivity contribution in [3.05, 3.63) is 24.0 Å². The lowest BCUT2D eigenvalue weighted by molar-refractivity contribution is -0.104. The van der Waals surface area contributed by atoms with Gasteiger partial charge in [0.2, 0.25) is 0 Å². The Balaban J connectivity index is 1.82. The molecule has 0 bridgehead atoms. The lowest BCUT2D eigenvalue weighted by Crippen LogP contribution is -2.49. The van der Waals surface area contributed by atoms with E-state index in [2.05, 4.69) is 52.8 Å².